The smallest absolute Gasteiger partial charge is 0.292 e. The van der Waals surface area contributed by atoms with Crippen LogP contribution in [0.2, 0.25) is 0 Å². The van der Waals surface area contributed by atoms with Gasteiger partial charge in [-0.1, -0.05) is 17.3 Å². The zero-order valence-electron chi connectivity index (χ0n) is 13.5. The highest BCUT2D eigenvalue weighted by Crippen LogP contribution is 2.19. The highest BCUT2D eigenvalue weighted by atomic mass is 19.1. The molecule has 2 aromatic rings. The molecule has 0 spiro atoms. The molecule has 2 rings (SSSR count). The zero-order valence-corrected chi connectivity index (χ0v) is 13.5. The number of benzene rings is 1. The number of nitrogens with zero attached hydrogens (tertiary/aromatic N) is 3. The predicted molar refractivity (Wildman–Crippen MR) is 82.4 cm³/mol. The van der Waals surface area contributed by atoms with Crippen molar-refractivity contribution < 1.29 is 18.5 Å². The van der Waals surface area contributed by atoms with Gasteiger partial charge in [0, 0.05) is 7.05 Å². The second kappa shape index (κ2) is 7.64. The van der Waals surface area contributed by atoms with Crippen molar-refractivity contribution >= 4 is 11.8 Å². The van der Waals surface area contributed by atoms with Gasteiger partial charge in [-0.2, -0.15) is 4.98 Å². The van der Waals surface area contributed by atoms with Crippen LogP contribution in [0.5, 0.6) is 0 Å². The minimum absolute atomic E-state index is 0.0392. The molecule has 128 valence electrons. The lowest BCUT2D eigenvalue weighted by Crippen LogP contribution is -2.36. The summed E-state index contributed by atoms with van der Waals surface area (Å²) in [6.07, 6.45) is 0. The Morgan fingerprint density at radius 3 is 2.75 bits per heavy atom. The zero-order chi connectivity index (χ0) is 17.7. The molecule has 0 saturated heterocycles. The van der Waals surface area contributed by atoms with Crippen LogP contribution in [0.4, 0.5) is 4.39 Å². The monoisotopic (exact) mass is 335 g/mol. The highest BCUT2D eigenvalue weighted by molar-refractivity contribution is 5.89. The number of amides is 2. The molecule has 1 heterocycles. The summed E-state index contributed by atoms with van der Waals surface area (Å²) in [5, 5.41) is 8.51. The van der Waals surface area contributed by atoms with Gasteiger partial charge in [-0.15, -0.1) is 0 Å². The Kier molecular flexibility index (Phi) is 5.59. The Labute approximate surface area is 138 Å². The van der Waals surface area contributed by atoms with Gasteiger partial charge < -0.3 is 15.2 Å². The van der Waals surface area contributed by atoms with Crippen LogP contribution in [-0.4, -0.2) is 48.0 Å². The summed E-state index contributed by atoms with van der Waals surface area (Å²) in [7, 11) is 4.87. The maximum atomic E-state index is 13.4. The molecule has 0 unspecified atom stereocenters. The molecule has 0 saturated carbocycles. The summed E-state index contributed by atoms with van der Waals surface area (Å²) in [5.74, 6) is -1.28. The Bertz CT molecular complexity index is 731. The third-order valence-corrected chi connectivity index (χ3v) is 3.24. The van der Waals surface area contributed by atoms with Crippen molar-refractivity contribution in [2.75, 3.05) is 21.1 Å². The predicted octanol–water partition coefficient (Wildman–Crippen LogP) is 0.487. The van der Waals surface area contributed by atoms with E-state index in [1.807, 2.05) is 0 Å². The molecule has 0 fully saturated rings. The van der Waals surface area contributed by atoms with E-state index in [1.165, 1.54) is 19.2 Å². The molecule has 8 nitrogen and oxygen atoms in total. The van der Waals surface area contributed by atoms with Crippen molar-refractivity contribution in [1.29, 1.82) is 0 Å². The third kappa shape index (κ3) is 4.13. The summed E-state index contributed by atoms with van der Waals surface area (Å²) in [4.78, 5) is 29.3. The van der Waals surface area contributed by atoms with Crippen LogP contribution in [0, 0.1) is 5.82 Å². The first-order valence-corrected chi connectivity index (χ1v) is 7.16. The first-order chi connectivity index (χ1) is 11.4. The van der Waals surface area contributed by atoms with Crippen molar-refractivity contribution in [3.8, 4) is 0 Å². The van der Waals surface area contributed by atoms with Crippen LogP contribution in [0.25, 0.3) is 0 Å². The van der Waals surface area contributed by atoms with E-state index in [1.54, 1.807) is 31.1 Å². The average Bonchev–Trinajstić information content (AvgIpc) is 3.01. The highest BCUT2D eigenvalue weighted by Gasteiger charge is 2.24. The van der Waals surface area contributed by atoms with E-state index in [4.69, 9.17) is 4.52 Å². The second-order valence-electron chi connectivity index (χ2n) is 5.23. The fraction of sp³-hybridized carbons (Fsp3) is 0.333. The number of hydrogen-bond donors (Lipinski definition) is 2. The normalized spacial score (nSPS) is 12.0. The number of likely N-dealkylation sites (N-methyl/N-ethyl adjacent to an activating group) is 1. The van der Waals surface area contributed by atoms with Crippen LogP contribution >= 0.6 is 0 Å². The molecule has 1 aromatic heterocycles. The lowest BCUT2D eigenvalue weighted by molar-refractivity contribution is -0.126. The Morgan fingerprint density at radius 1 is 1.38 bits per heavy atom. The van der Waals surface area contributed by atoms with E-state index < -0.39 is 17.8 Å². The Morgan fingerprint density at radius 2 is 2.12 bits per heavy atom. The number of rotatable bonds is 6. The van der Waals surface area contributed by atoms with Gasteiger partial charge in [0.1, 0.15) is 11.9 Å². The molecule has 0 radical (unpaired) electrons. The summed E-state index contributed by atoms with van der Waals surface area (Å²) in [6.45, 7) is -0.0392. The molecule has 24 heavy (non-hydrogen) atoms. The minimum Gasteiger partial charge on any atom is -0.352 e. The van der Waals surface area contributed by atoms with E-state index >= 15 is 0 Å². The van der Waals surface area contributed by atoms with Gasteiger partial charge in [-0.05, 0) is 31.8 Å². The summed E-state index contributed by atoms with van der Waals surface area (Å²) in [6, 6.07) is 5.15. The van der Waals surface area contributed by atoms with Crippen molar-refractivity contribution in [1.82, 2.24) is 25.7 Å². The number of carbonyl (C=O) groups excluding carboxylic acids is 2. The fourth-order valence-electron chi connectivity index (χ4n) is 2.15. The first kappa shape index (κ1) is 17.5. The fourth-order valence-corrected chi connectivity index (χ4v) is 2.15. The number of aromatic nitrogens is 2. The third-order valence-electron chi connectivity index (χ3n) is 3.24. The standard InChI is InChI=1S/C15H18FN5O3/c1-17-15(23)13-19-11(24-20-13)8-18-14(22)12(21(2)3)9-5-4-6-10(16)7-9/h4-7,12H,8H2,1-3H3,(H,17,23)(H,18,22)/t12-/m1/s1. The number of hydrogen-bond acceptors (Lipinski definition) is 6. The van der Waals surface area contributed by atoms with E-state index in [9.17, 15) is 14.0 Å². The molecule has 0 bridgehead atoms. The summed E-state index contributed by atoms with van der Waals surface area (Å²) < 4.78 is 18.3. The number of halogens is 1. The molecule has 0 aliphatic rings. The van der Waals surface area contributed by atoms with Gasteiger partial charge in [0.05, 0.1) is 6.54 Å². The average molecular weight is 335 g/mol. The van der Waals surface area contributed by atoms with Crippen molar-refractivity contribution in [3.05, 3.63) is 47.4 Å². The van der Waals surface area contributed by atoms with Crippen LogP contribution in [0.15, 0.2) is 28.8 Å². The van der Waals surface area contributed by atoms with Crippen molar-refractivity contribution in [2.45, 2.75) is 12.6 Å². The van der Waals surface area contributed by atoms with Crippen molar-refractivity contribution in [3.63, 3.8) is 0 Å². The van der Waals surface area contributed by atoms with Crippen LogP contribution in [0.3, 0.4) is 0 Å². The van der Waals surface area contributed by atoms with Crippen LogP contribution < -0.4 is 10.6 Å². The quantitative estimate of drug-likeness (QED) is 0.797. The molecule has 0 aliphatic carbocycles. The second-order valence-corrected chi connectivity index (χ2v) is 5.23. The lowest BCUT2D eigenvalue weighted by atomic mass is 10.1. The molecule has 2 N–H and O–H groups in total. The largest absolute Gasteiger partial charge is 0.352 e. The minimum atomic E-state index is -0.679. The van der Waals surface area contributed by atoms with Crippen LogP contribution in [-0.2, 0) is 11.3 Å². The topological polar surface area (TPSA) is 100 Å². The maximum Gasteiger partial charge on any atom is 0.292 e. The Hall–Kier alpha value is -2.81. The van der Waals surface area contributed by atoms with Gasteiger partial charge in [0.15, 0.2) is 0 Å². The molecular formula is C15H18FN5O3. The van der Waals surface area contributed by atoms with E-state index in [-0.39, 0.29) is 24.2 Å². The number of carbonyl (C=O) groups is 2. The molecule has 9 heteroatoms. The number of nitrogens with one attached hydrogen (secondary N) is 2. The molecular weight excluding hydrogens is 317 g/mol. The summed E-state index contributed by atoms with van der Waals surface area (Å²) in [5.41, 5.74) is 0.522. The lowest BCUT2D eigenvalue weighted by Gasteiger charge is -2.23. The Balaban J connectivity index is 2.06. The van der Waals surface area contributed by atoms with Gasteiger partial charge in [0.2, 0.25) is 11.8 Å². The molecule has 2 amide bonds. The first-order valence-electron chi connectivity index (χ1n) is 7.16. The van der Waals surface area contributed by atoms with Gasteiger partial charge in [-0.25, -0.2) is 4.39 Å². The van der Waals surface area contributed by atoms with Gasteiger partial charge in [0.25, 0.3) is 11.7 Å². The summed E-state index contributed by atoms with van der Waals surface area (Å²) >= 11 is 0. The van der Waals surface area contributed by atoms with Crippen LogP contribution in [0.1, 0.15) is 28.1 Å². The van der Waals surface area contributed by atoms with E-state index in [0.29, 0.717) is 5.56 Å². The van der Waals surface area contributed by atoms with Gasteiger partial charge >= 0.3 is 0 Å². The SMILES string of the molecule is CNC(=O)c1noc(CNC(=O)[C@@H](c2cccc(F)c2)N(C)C)n1. The van der Waals surface area contributed by atoms with E-state index in [0.717, 1.165) is 0 Å². The van der Waals surface area contributed by atoms with Crippen molar-refractivity contribution in [2.24, 2.45) is 0 Å². The maximum absolute atomic E-state index is 13.4. The van der Waals surface area contributed by atoms with Gasteiger partial charge in [-0.3, -0.25) is 14.5 Å². The van der Waals surface area contributed by atoms with E-state index in [2.05, 4.69) is 20.8 Å². The molecule has 1 atom stereocenters. The molecule has 0 aliphatic heterocycles. The molecule has 1 aromatic carbocycles.